The molecule has 8 heteroatoms. The smallest absolute Gasteiger partial charge is 0.278 e. The lowest BCUT2D eigenvalue weighted by Crippen LogP contribution is -2.37. The zero-order valence-electron chi connectivity index (χ0n) is 18.7. The van der Waals surface area contributed by atoms with Crippen molar-refractivity contribution in [2.45, 2.75) is 25.8 Å². The van der Waals surface area contributed by atoms with Gasteiger partial charge in [0.05, 0.1) is 13.5 Å². The molecule has 0 bridgehead atoms. The van der Waals surface area contributed by atoms with Crippen LogP contribution in [0.4, 0.5) is 0 Å². The molecule has 33 heavy (non-hydrogen) atoms. The van der Waals surface area contributed by atoms with Crippen LogP contribution in [0.25, 0.3) is 11.6 Å². The third-order valence-electron chi connectivity index (χ3n) is 5.96. The van der Waals surface area contributed by atoms with Crippen LogP contribution in [-0.4, -0.2) is 44.4 Å². The summed E-state index contributed by atoms with van der Waals surface area (Å²) in [6.07, 6.45) is 1.64. The summed E-state index contributed by atoms with van der Waals surface area (Å²) < 4.78 is 12.7. The van der Waals surface area contributed by atoms with Crippen LogP contribution >= 0.6 is 0 Å². The maximum Gasteiger partial charge on any atom is 0.278 e. The van der Waals surface area contributed by atoms with E-state index >= 15 is 0 Å². The van der Waals surface area contributed by atoms with E-state index in [1.165, 1.54) is 0 Å². The van der Waals surface area contributed by atoms with Gasteiger partial charge in [-0.15, -0.1) is 0 Å². The predicted molar refractivity (Wildman–Crippen MR) is 122 cm³/mol. The minimum Gasteiger partial charge on any atom is -0.497 e. The molecule has 1 aliphatic heterocycles. The van der Waals surface area contributed by atoms with E-state index in [1.54, 1.807) is 7.11 Å². The molecule has 0 fully saturated rings. The van der Waals surface area contributed by atoms with Crippen LogP contribution in [0.1, 0.15) is 28.2 Å². The molecule has 1 amide bonds. The number of aromatic nitrogens is 4. The molecule has 0 unspecified atom stereocenters. The number of carbonyl (C=O) groups is 1. The molecule has 0 atom stereocenters. The average molecular weight is 444 g/mol. The van der Waals surface area contributed by atoms with Gasteiger partial charge >= 0.3 is 0 Å². The minimum absolute atomic E-state index is 0.0685. The van der Waals surface area contributed by atoms with Gasteiger partial charge in [-0.1, -0.05) is 47.6 Å². The fourth-order valence-electron chi connectivity index (χ4n) is 4.25. The topological polar surface area (TPSA) is 86.3 Å². The molecule has 5 rings (SSSR count). The molecule has 0 saturated heterocycles. The number of rotatable bonds is 6. The average Bonchev–Trinajstić information content (AvgIpc) is 3.43. The first-order valence-corrected chi connectivity index (χ1v) is 10.9. The Morgan fingerprint density at radius 2 is 1.94 bits per heavy atom. The lowest BCUT2D eigenvalue weighted by Gasteiger charge is -2.27. The molecular weight excluding hydrogens is 418 g/mol. The van der Waals surface area contributed by atoms with E-state index in [1.807, 2.05) is 71.2 Å². The van der Waals surface area contributed by atoms with Gasteiger partial charge in [-0.3, -0.25) is 9.48 Å². The predicted octanol–water partition coefficient (Wildman–Crippen LogP) is 3.20. The van der Waals surface area contributed by atoms with Gasteiger partial charge in [-0.2, -0.15) is 10.1 Å². The van der Waals surface area contributed by atoms with E-state index in [9.17, 15) is 4.79 Å². The number of amides is 1. The second-order valence-corrected chi connectivity index (χ2v) is 8.17. The second-order valence-electron chi connectivity index (χ2n) is 8.17. The third kappa shape index (κ3) is 4.37. The zero-order valence-corrected chi connectivity index (χ0v) is 18.7. The first-order chi connectivity index (χ1) is 16.1. The SMILES string of the molecule is COc1cccc(CC(=O)N2CCc3c(c(-c4nc(Cc5ccccc5)no4)nn3C)C2)c1. The molecule has 0 saturated carbocycles. The quantitative estimate of drug-likeness (QED) is 0.455. The molecule has 4 aromatic rings. The lowest BCUT2D eigenvalue weighted by atomic mass is 10.0. The maximum absolute atomic E-state index is 13.0. The van der Waals surface area contributed by atoms with E-state index in [2.05, 4.69) is 15.2 Å². The number of hydrogen-bond acceptors (Lipinski definition) is 6. The molecular formula is C25H25N5O3. The Morgan fingerprint density at radius 1 is 1.12 bits per heavy atom. The summed E-state index contributed by atoms with van der Waals surface area (Å²) >= 11 is 0. The number of fused-ring (bicyclic) bond motifs is 1. The summed E-state index contributed by atoms with van der Waals surface area (Å²) in [5.41, 5.74) is 4.76. The number of benzene rings is 2. The highest BCUT2D eigenvalue weighted by Crippen LogP contribution is 2.29. The van der Waals surface area contributed by atoms with E-state index in [0.717, 1.165) is 34.6 Å². The first kappa shape index (κ1) is 20.9. The second kappa shape index (κ2) is 8.90. The highest BCUT2D eigenvalue weighted by Gasteiger charge is 2.29. The summed E-state index contributed by atoms with van der Waals surface area (Å²) in [6, 6.07) is 17.6. The van der Waals surface area contributed by atoms with Crippen LogP contribution < -0.4 is 4.74 Å². The van der Waals surface area contributed by atoms with Crippen molar-refractivity contribution in [1.29, 1.82) is 0 Å². The van der Waals surface area contributed by atoms with Gasteiger partial charge in [-0.05, 0) is 23.3 Å². The molecule has 0 radical (unpaired) electrons. The fraction of sp³-hybridized carbons (Fsp3) is 0.280. The largest absolute Gasteiger partial charge is 0.497 e. The van der Waals surface area contributed by atoms with Crippen LogP contribution in [-0.2, 0) is 37.6 Å². The zero-order chi connectivity index (χ0) is 22.8. The van der Waals surface area contributed by atoms with Gasteiger partial charge in [0, 0.05) is 44.2 Å². The van der Waals surface area contributed by atoms with E-state index in [0.29, 0.717) is 43.3 Å². The molecule has 3 heterocycles. The monoisotopic (exact) mass is 443 g/mol. The fourth-order valence-corrected chi connectivity index (χ4v) is 4.25. The number of aryl methyl sites for hydroxylation is 1. The van der Waals surface area contributed by atoms with Crippen LogP contribution in [0.3, 0.4) is 0 Å². The summed E-state index contributed by atoms with van der Waals surface area (Å²) in [5.74, 6) is 1.81. The van der Waals surface area contributed by atoms with Crippen molar-refractivity contribution < 1.29 is 14.1 Å². The lowest BCUT2D eigenvalue weighted by molar-refractivity contribution is -0.131. The summed E-state index contributed by atoms with van der Waals surface area (Å²) in [5, 5.41) is 8.79. The Hall–Kier alpha value is -3.94. The van der Waals surface area contributed by atoms with E-state index < -0.39 is 0 Å². The van der Waals surface area contributed by atoms with Crippen LogP contribution in [0.15, 0.2) is 59.1 Å². The number of ether oxygens (including phenoxy) is 1. The van der Waals surface area contributed by atoms with Gasteiger partial charge in [0.1, 0.15) is 5.75 Å². The van der Waals surface area contributed by atoms with Gasteiger partial charge in [0.25, 0.3) is 5.89 Å². The van der Waals surface area contributed by atoms with Crippen molar-refractivity contribution in [3.8, 4) is 17.3 Å². The maximum atomic E-state index is 13.0. The third-order valence-corrected chi connectivity index (χ3v) is 5.96. The van der Waals surface area contributed by atoms with Gasteiger partial charge in [-0.25, -0.2) is 0 Å². The van der Waals surface area contributed by atoms with Crippen molar-refractivity contribution in [2.24, 2.45) is 7.05 Å². The minimum atomic E-state index is 0.0685. The normalized spacial score (nSPS) is 13.1. The van der Waals surface area contributed by atoms with E-state index in [4.69, 9.17) is 9.26 Å². The summed E-state index contributed by atoms with van der Waals surface area (Å²) in [4.78, 5) is 19.5. The molecule has 0 spiro atoms. The van der Waals surface area contributed by atoms with Crippen molar-refractivity contribution in [2.75, 3.05) is 13.7 Å². The van der Waals surface area contributed by atoms with Crippen molar-refractivity contribution in [3.05, 3.63) is 82.8 Å². The van der Waals surface area contributed by atoms with Crippen LogP contribution in [0.2, 0.25) is 0 Å². The molecule has 8 nitrogen and oxygen atoms in total. The van der Waals surface area contributed by atoms with E-state index in [-0.39, 0.29) is 5.91 Å². The summed E-state index contributed by atoms with van der Waals surface area (Å²) in [7, 11) is 3.54. The molecule has 2 aromatic heterocycles. The first-order valence-electron chi connectivity index (χ1n) is 10.9. The summed E-state index contributed by atoms with van der Waals surface area (Å²) in [6.45, 7) is 1.12. The standard InChI is InChI=1S/C25H25N5O3/c1-29-21-11-12-30(23(31)15-18-9-6-10-19(13-18)32-2)16-20(21)24(27-29)25-26-22(28-33-25)14-17-7-4-3-5-8-17/h3-10,13H,11-12,14-16H2,1-2H3. The Kier molecular flexibility index (Phi) is 5.64. The van der Waals surface area contributed by atoms with Crippen LogP contribution in [0, 0.1) is 0 Å². The Balaban J connectivity index is 1.35. The van der Waals surface area contributed by atoms with Crippen molar-refractivity contribution in [1.82, 2.24) is 24.8 Å². The highest BCUT2D eigenvalue weighted by atomic mass is 16.5. The van der Waals surface area contributed by atoms with Crippen molar-refractivity contribution >= 4 is 5.91 Å². The Morgan fingerprint density at radius 3 is 2.76 bits per heavy atom. The molecule has 2 aromatic carbocycles. The van der Waals surface area contributed by atoms with Crippen LogP contribution in [0.5, 0.6) is 5.75 Å². The Bertz CT molecular complexity index is 1280. The number of methoxy groups -OCH3 is 1. The van der Waals surface area contributed by atoms with Crippen molar-refractivity contribution in [3.63, 3.8) is 0 Å². The molecule has 168 valence electrons. The number of carbonyl (C=O) groups excluding carboxylic acids is 1. The molecule has 0 aliphatic carbocycles. The van der Waals surface area contributed by atoms with Gasteiger partial charge in [0.2, 0.25) is 5.91 Å². The molecule has 0 N–H and O–H groups in total. The highest BCUT2D eigenvalue weighted by molar-refractivity contribution is 5.79. The molecule has 1 aliphatic rings. The number of nitrogens with zero attached hydrogens (tertiary/aromatic N) is 5. The van der Waals surface area contributed by atoms with Gasteiger partial charge < -0.3 is 14.2 Å². The number of hydrogen-bond donors (Lipinski definition) is 0. The van der Waals surface area contributed by atoms with Gasteiger partial charge in [0.15, 0.2) is 11.5 Å². The Labute approximate surface area is 191 Å².